The molecule has 1 heterocycles. The Bertz CT molecular complexity index is 650. The molecule has 0 unspecified atom stereocenters. The molecule has 0 spiro atoms. The Balaban J connectivity index is 2.37. The van der Waals surface area contributed by atoms with Gasteiger partial charge in [-0.15, -0.1) is 11.3 Å². The summed E-state index contributed by atoms with van der Waals surface area (Å²) in [5.41, 5.74) is 1.62. The van der Waals surface area contributed by atoms with Gasteiger partial charge in [0, 0.05) is 4.47 Å². The van der Waals surface area contributed by atoms with E-state index in [1.54, 1.807) is 17.5 Å². The highest BCUT2D eigenvalue weighted by Gasteiger charge is 2.19. The number of hydrogen-bond donors (Lipinski definition) is 1. The summed E-state index contributed by atoms with van der Waals surface area (Å²) in [6, 6.07) is 9.14. The first-order chi connectivity index (χ1) is 8.54. The molecule has 2 aromatic rings. The third-order valence-corrected chi connectivity index (χ3v) is 6.51. The van der Waals surface area contributed by atoms with Crippen LogP contribution in [0.4, 0.5) is 5.69 Å². The molecule has 0 saturated heterocycles. The van der Waals surface area contributed by atoms with Crippen molar-refractivity contribution in [2.45, 2.75) is 17.6 Å². The van der Waals surface area contributed by atoms with Crippen LogP contribution in [0.25, 0.3) is 0 Å². The zero-order valence-electron chi connectivity index (χ0n) is 9.68. The first-order valence-electron chi connectivity index (χ1n) is 5.38. The average Bonchev–Trinajstić information content (AvgIpc) is 2.76. The van der Waals surface area contributed by atoms with Crippen molar-refractivity contribution < 1.29 is 8.42 Å². The van der Waals surface area contributed by atoms with Crippen molar-refractivity contribution in [3.63, 3.8) is 0 Å². The Labute approximate surface area is 119 Å². The van der Waals surface area contributed by atoms with Gasteiger partial charge in [-0.25, -0.2) is 8.42 Å². The first-order valence-corrected chi connectivity index (χ1v) is 8.54. The van der Waals surface area contributed by atoms with Gasteiger partial charge in [0.1, 0.15) is 0 Å². The molecule has 0 radical (unpaired) electrons. The van der Waals surface area contributed by atoms with Crippen LogP contribution >= 0.6 is 27.3 Å². The Morgan fingerprint density at radius 3 is 2.61 bits per heavy atom. The number of halogens is 1. The fourth-order valence-electron chi connectivity index (χ4n) is 1.59. The summed E-state index contributed by atoms with van der Waals surface area (Å²) in [5, 5.41) is 1.74. The van der Waals surface area contributed by atoms with Crippen LogP contribution in [0.3, 0.4) is 0 Å². The fraction of sp³-hybridized carbons (Fsp3) is 0.167. The third-order valence-electron chi connectivity index (χ3n) is 2.47. The minimum Gasteiger partial charge on any atom is -0.279 e. The van der Waals surface area contributed by atoms with E-state index < -0.39 is 10.0 Å². The molecule has 0 atom stereocenters. The number of nitrogens with one attached hydrogen (secondary N) is 1. The lowest BCUT2D eigenvalue weighted by Gasteiger charge is -2.10. The zero-order chi connectivity index (χ0) is 13.2. The van der Waals surface area contributed by atoms with Crippen LogP contribution in [-0.4, -0.2) is 8.42 Å². The highest BCUT2D eigenvalue weighted by molar-refractivity contribution is 9.10. The number of anilines is 1. The standard InChI is InChI=1S/C12H12BrNO2S2/c1-2-9-5-3-4-6-11(9)14-18(15,16)12-10(13)7-8-17-12/h3-8,14H,2H2,1H3. The number of para-hydroxylation sites is 1. The van der Waals surface area contributed by atoms with Gasteiger partial charge in [0.2, 0.25) is 0 Å². The van der Waals surface area contributed by atoms with Crippen molar-refractivity contribution in [2.75, 3.05) is 4.72 Å². The topological polar surface area (TPSA) is 46.2 Å². The molecule has 1 aromatic heterocycles. The Morgan fingerprint density at radius 1 is 1.28 bits per heavy atom. The van der Waals surface area contributed by atoms with Gasteiger partial charge < -0.3 is 0 Å². The lowest BCUT2D eigenvalue weighted by Crippen LogP contribution is -2.13. The molecule has 0 aliphatic carbocycles. The molecule has 0 bridgehead atoms. The molecule has 2 rings (SSSR count). The Morgan fingerprint density at radius 2 is 2.00 bits per heavy atom. The van der Waals surface area contributed by atoms with Gasteiger partial charge in [-0.1, -0.05) is 25.1 Å². The quantitative estimate of drug-likeness (QED) is 0.913. The number of benzene rings is 1. The van der Waals surface area contributed by atoms with Crippen molar-refractivity contribution in [1.82, 2.24) is 0 Å². The van der Waals surface area contributed by atoms with Gasteiger partial charge in [-0.2, -0.15) is 0 Å². The van der Waals surface area contributed by atoms with E-state index in [0.29, 0.717) is 14.4 Å². The number of sulfonamides is 1. The van der Waals surface area contributed by atoms with E-state index in [2.05, 4.69) is 20.7 Å². The summed E-state index contributed by atoms with van der Waals surface area (Å²) in [6.45, 7) is 1.99. The summed E-state index contributed by atoms with van der Waals surface area (Å²) in [6.07, 6.45) is 0.782. The average molecular weight is 346 g/mol. The SMILES string of the molecule is CCc1ccccc1NS(=O)(=O)c1sccc1Br. The van der Waals surface area contributed by atoms with Gasteiger partial charge >= 0.3 is 0 Å². The molecule has 0 fully saturated rings. The van der Waals surface area contributed by atoms with Gasteiger partial charge in [-0.3, -0.25) is 4.72 Å². The van der Waals surface area contributed by atoms with E-state index in [-0.39, 0.29) is 0 Å². The molecular weight excluding hydrogens is 334 g/mol. The van der Waals surface area contributed by atoms with E-state index in [9.17, 15) is 8.42 Å². The third kappa shape index (κ3) is 2.76. The summed E-state index contributed by atoms with van der Waals surface area (Å²) >= 11 is 4.43. The predicted octanol–water partition coefficient (Wildman–Crippen LogP) is 3.87. The second-order valence-corrected chi connectivity index (χ2v) is 7.32. The monoisotopic (exact) mass is 345 g/mol. The summed E-state index contributed by atoms with van der Waals surface area (Å²) < 4.78 is 28.0. The molecule has 0 aliphatic rings. The molecule has 3 nitrogen and oxygen atoms in total. The molecular formula is C12H12BrNO2S2. The van der Waals surface area contributed by atoms with Crippen molar-refractivity contribution in [2.24, 2.45) is 0 Å². The second kappa shape index (κ2) is 5.42. The Hall–Kier alpha value is -0.850. The maximum atomic E-state index is 12.2. The van der Waals surface area contributed by atoms with Crippen molar-refractivity contribution in [1.29, 1.82) is 0 Å². The highest BCUT2D eigenvalue weighted by atomic mass is 79.9. The van der Waals surface area contributed by atoms with Crippen LogP contribution in [-0.2, 0) is 16.4 Å². The van der Waals surface area contributed by atoms with E-state index >= 15 is 0 Å². The maximum absolute atomic E-state index is 12.2. The van der Waals surface area contributed by atoms with Crippen LogP contribution in [0.2, 0.25) is 0 Å². The lowest BCUT2D eigenvalue weighted by molar-refractivity contribution is 0.602. The number of rotatable bonds is 4. The normalized spacial score (nSPS) is 11.4. The Kier molecular flexibility index (Phi) is 4.09. The molecule has 0 saturated carbocycles. The lowest BCUT2D eigenvalue weighted by atomic mass is 10.1. The van der Waals surface area contributed by atoms with Gasteiger partial charge in [-0.05, 0) is 45.4 Å². The summed E-state index contributed by atoms with van der Waals surface area (Å²) in [5.74, 6) is 0. The van der Waals surface area contributed by atoms with Gasteiger partial charge in [0.25, 0.3) is 10.0 Å². The smallest absolute Gasteiger partial charge is 0.272 e. The van der Waals surface area contributed by atoms with E-state index in [1.165, 1.54) is 11.3 Å². The number of hydrogen-bond acceptors (Lipinski definition) is 3. The summed E-state index contributed by atoms with van der Waals surface area (Å²) in [7, 11) is -3.51. The molecule has 0 amide bonds. The minimum atomic E-state index is -3.51. The van der Waals surface area contributed by atoms with Crippen LogP contribution < -0.4 is 4.72 Å². The van der Waals surface area contributed by atoms with Crippen LogP contribution in [0.1, 0.15) is 12.5 Å². The predicted molar refractivity (Wildman–Crippen MR) is 78.6 cm³/mol. The van der Waals surface area contributed by atoms with Crippen LogP contribution in [0.5, 0.6) is 0 Å². The molecule has 96 valence electrons. The van der Waals surface area contributed by atoms with Crippen molar-refractivity contribution in [3.8, 4) is 0 Å². The first kappa shape index (κ1) is 13.6. The molecule has 1 N–H and O–H groups in total. The second-order valence-electron chi connectivity index (χ2n) is 3.67. The maximum Gasteiger partial charge on any atom is 0.272 e. The fourth-order valence-corrected chi connectivity index (χ4v) is 5.03. The van der Waals surface area contributed by atoms with Crippen molar-refractivity contribution in [3.05, 3.63) is 45.7 Å². The molecule has 18 heavy (non-hydrogen) atoms. The van der Waals surface area contributed by atoms with E-state index in [4.69, 9.17) is 0 Å². The minimum absolute atomic E-state index is 0.299. The largest absolute Gasteiger partial charge is 0.279 e. The van der Waals surface area contributed by atoms with E-state index in [1.807, 2.05) is 25.1 Å². The molecule has 1 aromatic carbocycles. The number of thiophene rings is 1. The molecule has 6 heteroatoms. The van der Waals surface area contributed by atoms with Crippen LogP contribution in [0.15, 0.2) is 44.4 Å². The van der Waals surface area contributed by atoms with E-state index in [0.717, 1.165) is 12.0 Å². The highest BCUT2D eigenvalue weighted by Crippen LogP contribution is 2.30. The zero-order valence-corrected chi connectivity index (χ0v) is 12.9. The van der Waals surface area contributed by atoms with Crippen LogP contribution in [0, 0.1) is 0 Å². The van der Waals surface area contributed by atoms with Gasteiger partial charge in [0.15, 0.2) is 4.21 Å². The number of aryl methyl sites for hydroxylation is 1. The van der Waals surface area contributed by atoms with Crippen molar-refractivity contribution >= 4 is 43.0 Å². The summed E-state index contributed by atoms with van der Waals surface area (Å²) in [4.78, 5) is 0. The molecule has 0 aliphatic heterocycles. The van der Waals surface area contributed by atoms with Gasteiger partial charge in [0.05, 0.1) is 5.69 Å².